The molecule has 1 aromatic heterocycles. The zero-order chi connectivity index (χ0) is 17.7. The van der Waals surface area contributed by atoms with E-state index in [4.69, 9.17) is 4.74 Å². The Morgan fingerprint density at radius 2 is 2.00 bits per heavy atom. The van der Waals surface area contributed by atoms with Gasteiger partial charge in [-0.1, -0.05) is 13.8 Å². The molecule has 0 amide bonds. The number of aromatic nitrogens is 2. The van der Waals surface area contributed by atoms with E-state index in [9.17, 15) is 8.42 Å². The summed E-state index contributed by atoms with van der Waals surface area (Å²) in [7, 11) is -1.25. The molecule has 0 unspecified atom stereocenters. The van der Waals surface area contributed by atoms with Gasteiger partial charge in [0.15, 0.2) is 0 Å². The molecule has 1 aliphatic heterocycles. The molecule has 1 fully saturated rings. The largest absolute Gasteiger partial charge is 0.379 e. The highest BCUT2D eigenvalue weighted by Gasteiger charge is 2.20. The van der Waals surface area contributed by atoms with Gasteiger partial charge in [0, 0.05) is 45.5 Å². The number of likely N-dealkylation sites (N-methyl/N-ethyl adjacent to an activating group) is 1. The molecule has 0 radical (unpaired) electrons. The quantitative estimate of drug-likeness (QED) is 0.682. The van der Waals surface area contributed by atoms with Crippen LogP contribution in [0.4, 0.5) is 0 Å². The van der Waals surface area contributed by atoms with Gasteiger partial charge in [-0.25, -0.2) is 13.4 Å². The Hall–Kier alpha value is -0.960. The van der Waals surface area contributed by atoms with Crippen molar-refractivity contribution in [2.24, 2.45) is 5.92 Å². The zero-order valence-corrected chi connectivity index (χ0v) is 16.0. The summed E-state index contributed by atoms with van der Waals surface area (Å²) in [6.45, 7) is 11.0. The number of hydrogen-bond acceptors (Lipinski definition) is 6. The molecule has 2 rings (SSSR count). The second-order valence-electron chi connectivity index (χ2n) is 7.00. The van der Waals surface area contributed by atoms with Gasteiger partial charge in [-0.3, -0.25) is 9.80 Å². The SMILES string of the molecule is CC(C)Cn1c(CN(C)CCN2CCOCC2)cnc1S(C)(=O)=O. The van der Waals surface area contributed by atoms with Gasteiger partial charge < -0.3 is 9.30 Å². The fourth-order valence-corrected chi connectivity index (χ4v) is 3.70. The van der Waals surface area contributed by atoms with Crippen LogP contribution in [0, 0.1) is 5.92 Å². The van der Waals surface area contributed by atoms with Crippen LogP contribution in [-0.4, -0.2) is 80.5 Å². The predicted molar refractivity (Wildman–Crippen MR) is 93.8 cm³/mol. The van der Waals surface area contributed by atoms with E-state index in [1.807, 2.05) is 4.57 Å². The van der Waals surface area contributed by atoms with Crippen molar-refractivity contribution < 1.29 is 13.2 Å². The van der Waals surface area contributed by atoms with E-state index < -0.39 is 9.84 Å². The van der Waals surface area contributed by atoms with Crippen molar-refractivity contribution in [1.29, 1.82) is 0 Å². The van der Waals surface area contributed by atoms with Crippen molar-refractivity contribution in [2.75, 3.05) is 52.7 Å². The number of morpholine rings is 1. The first kappa shape index (κ1) is 19.4. The molecule has 0 aromatic carbocycles. The summed E-state index contributed by atoms with van der Waals surface area (Å²) in [5.41, 5.74) is 0.952. The summed E-state index contributed by atoms with van der Waals surface area (Å²) < 4.78 is 31.1. The molecule has 0 atom stereocenters. The van der Waals surface area contributed by atoms with Crippen molar-refractivity contribution in [3.63, 3.8) is 0 Å². The van der Waals surface area contributed by atoms with Crippen LogP contribution >= 0.6 is 0 Å². The van der Waals surface area contributed by atoms with Crippen LogP contribution in [0.15, 0.2) is 11.4 Å². The van der Waals surface area contributed by atoms with Crippen LogP contribution in [0.3, 0.4) is 0 Å². The maximum absolute atomic E-state index is 12.0. The summed E-state index contributed by atoms with van der Waals surface area (Å²) in [6, 6.07) is 0. The van der Waals surface area contributed by atoms with E-state index in [1.165, 1.54) is 6.26 Å². The average molecular weight is 359 g/mol. The van der Waals surface area contributed by atoms with Crippen molar-refractivity contribution in [3.05, 3.63) is 11.9 Å². The third kappa shape index (κ3) is 5.54. The Morgan fingerprint density at radius 1 is 1.33 bits per heavy atom. The van der Waals surface area contributed by atoms with Crippen LogP contribution in [0.2, 0.25) is 0 Å². The molecule has 1 saturated heterocycles. The maximum Gasteiger partial charge on any atom is 0.227 e. The highest BCUT2D eigenvalue weighted by Crippen LogP contribution is 2.15. The lowest BCUT2D eigenvalue weighted by Crippen LogP contribution is -2.40. The lowest BCUT2D eigenvalue weighted by molar-refractivity contribution is 0.0341. The van der Waals surface area contributed by atoms with Gasteiger partial charge in [0.2, 0.25) is 15.0 Å². The van der Waals surface area contributed by atoms with E-state index >= 15 is 0 Å². The van der Waals surface area contributed by atoms with E-state index in [2.05, 4.69) is 35.7 Å². The van der Waals surface area contributed by atoms with Gasteiger partial charge in [-0.15, -0.1) is 0 Å². The predicted octanol–water partition coefficient (Wildman–Crippen LogP) is 0.707. The molecule has 138 valence electrons. The van der Waals surface area contributed by atoms with Gasteiger partial charge in [-0.05, 0) is 13.0 Å². The Labute approximate surface area is 145 Å². The number of imidazole rings is 1. The summed E-state index contributed by atoms with van der Waals surface area (Å²) in [5.74, 6) is 0.358. The minimum Gasteiger partial charge on any atom is -0.379 e. The van der Waals surface area contributed by atoms with E-state index in [1.54, 1.807) is 6.20 Å². The van der Waals surface area contributed by atoms with Crippen molar-refractivity contribution in [2.45, 2.75) is 32.1 Å². The van der Waals surface area contributed by atoms with Gasteiger partial charge in [-0.2, -0.15) is 0 Å². The molecule has 24 heavy (non-hydrogen) atoms. The lowest BCUT2D eigenvalue weighted by atomic mass is 10.2. The van der Waals surface area contributed by atoms with Gasteiger partial charge in [0.05, 0.1) is 25.1 Å². The van der Waals surface area contributed by atoms with Crippen molar-refractivity contribution in [1.82, 2.24) is 19.4 Å². The van der Waals surface area contributed by atoms with Crippen LogP contribution in [0.1, 0.15) is 19.5 Å². The zero-order valence-electron chi connectivity index (χ0n) is 15.2. The molecular formula is C16H30N4O3S. The monoisotopic (exact) mass is 358 g/mol. The molecule has 7 nitrogen and oxygen atoms in total. The Kier molecular flexibility index (Phi) is 6.79. The van der Waals surface area contributed by atoms with Crippen molar-refractivity contribution >= 4 is 9.84 Å². The number of nitrogens with zero attached hydrogens (tertiary/aromatic N) is 4. The van der Waals surface area contributed by atoms with Crippen LogP contribution in [0.25, 0.3) is 0 Å². The first-order valence-corrected chi connectivity index (χ1v) is 10.4. The van der Waals surface area contributed by atoms with Gasteiger partial charge >= 0.3 is 0 Å². The smallest absolute Gasteiger partial charge is 0.227 e. The average Bonchev–Trinajstić information content (AvgIpc) is 2.88. The molecule has 8 heteroatoms. The summed E-state index contributed by atoms with van der Waals surface area (Å²) >= 11 is 0. The van der Waals surface area contributed by atoms with Gasteiger partial charge in [0.1, 0.15) is 0 Å². The molecule has 0 N–H and O–H groups in total. The lowest BCUT2D eigenvalue weighted by Gasteiger charge is -2.28. The second-order valence-corrected chi connectivity index (χ2v) is 8.91. The summed E-state index contributed by atoms with van der Waals surface area (Å²) in [5, 5.41) is 0.174. The number of ether oxygens (including phenoxy) is 1. The van der Waals surface area contributed by atoms with E-state index in [0.29, 0.717) is 19.0 Å². The number of hydrogen-bond donors (Lipinski definition) is 0. The minimum absolute atomic E-state index is 0.174. The Morgan fingerprint density at radius 3 is 2.58 bits per heavy atom. The molecule has 1 aliphatic rings. The normalized spacial score (nSPS) is 17.1. The fourth-order valence-electron chi connectivity index (χ4n) is 2.87. The van der Waals surface area contributed by atoms with E-state index in [-0.39, 0.29) is 5.16 Å². The van der Waals surface area contributed by atoms with Crippen LogP contribution in [0.5, 0.6) is 0 Å². The number of rotatable bonds is 8. The standard InChI is InChI=1S/C16H30N4O3S/c1-14(2)12-20-15(11-17-16(20)24(4,21)22)13-18(3)5-6-19-7-9-23-10-8-19/h11,14H,5-10,12-13H2,1-4H3. The molecule has 1 aromatic rings. The van der Waals surface area contributed by atoms with Gasteiger partial charge in [0.25, 0.3) is 0 Å². The minimum atomic E-state index is -3.31. The number of sulfone groups is 1. The van der Waals surface area contributed by atoms with E-state index in [0.717, 1.165) is 45.1 Å². The Bertz CT molecular complexity index is 621. The second kappa shape index (κ2) is 8.42. The highest BCUT2D eigenvalue weighted by molar-refractivity contribution is 7.90. The third-order valence-corrected chi connectivity index (χ3v) is 5.10. The first-order chi connectivity index (χ1) is 11.3. The topological polar surface area (TPSA) is 67.7 Å². The van der Waals surface area contributed by atoms with Crippen LogP contribution < -0.4 is 0 Å². The molecule has 0 spiro atoms. The highest BCUT2D eigenvalue weighted by atomic mass is 32.2. The third-order valence-electron chi connectivity index (χ3n) is 4.11. The van der Waals surface area contributed by atoms with Crippen LogP contribution in [-0.2, 0) is 27.7 Å². The maximum atomic E-state index is 12.0. The molecule has 0 bridgehead atoms. The molecule has 0 aliphatic carbocycles. The Balaban J connectivity index is 2.01. The summed E-state index contributed by atoms with van der Waals surface area (Å²) in [6.07, 6.45) is 2.92. The molecular weight excluding hydrogens is 328 g/mol. The molecule has 0 saturated carbocycles. The first-order valence-electron chi connectivity index (χ1n) is 8.50. The van der Waals surface area contributed by atoms with Crippen molar-refractivity contribution in [3.8, 4) is 0 Å². The fraction of sp³-hybridized carbons (Fsp3) is 0.812. The summed E-state index contributed by atoms with van der Waals surface area (Å²) in [4.78, 5) is 8.78. The molecule has 2 heterocycles.